The van der Waals surface area contributed by atoms with Crippen molar-refractivity contribution in [1.29, 1.82) is 0 Å². The summed E-state index contributed by atoms with van der Waals surface area (Å²) in [4.78, 5) is 2.37. The molecule has 1 unspecified atom stereocenters. The lowest BCUT2D eigenvalue weighted by Crippen LogP contribution is -2.42. The van der Waals surface area contributed by atoms with Crippen LogP contribution in [0.25, 0.3) is 0 Å². The lowest BCUT2D eigenvalue weighted by Gasteiger charge is -2.30. The lowest BCUT2D eigenvalue weighted by molar-refractivity contribution is 0.201. The van der Waals surface area contributed by atoms with Crippen molar-refractivity contribution in [3.05, 3.63) is 17.7 Å². The number of nitrogens with two attached hydrogens (primary N) is 1. The largest absolute Gasteiger partial charge is 0.493 e. The number of ether oxygens (including phenoxy) is 3. The van der Waals surface area contributed by atoms with Crippen LogP contribution in [-0.4, -0.2) is 45.4 Å². The monoisotopic (exact) mass is 280 g/mol. The van der Waals surface area contributed by atoms with Crippen LogP contribution in [0.5, 0.6) is 17.2 Å². The second-order valence-corrected chi connectivity index (χ2v) is 5.17. The Hall–Kier alpha value is -1.46. The van der Waals surface area contributed by atoms with Gasteiger partial charge in [0.2, 0.25) is 5.75 Å². The first-order valence-electron chi connectivity index (χ1n) is 6.94. The minimum absolute atomic E-state index is 0.283. The zero-order chi connectivity index (χ0) is 14.5. The predicted octanol–water partition coefficient (Wildman–Crippen LogP) is 1.64. The smallest absolute Gasteiger partial charge is 0.203 e. The molecule has 1 saturated heterocycles. The van der Waals surface area contributed by atoms with E-state index in [9.17, 15) is 0 Å². The van der Waals surface area contributed by atoms with Crippen LogP contribution >= 0.6 is 0 Å². The Morgan fingerprint density at radius 2 is 1.80 bits per heavy atom. The summed E-state index contributed by atoms with van der Waals surface area (Å²) in [5.74, 6) is 2.03. The molecular weight excluding hydrogens is 256 g/mol. The summed E-state index contributed by atoms with van der Waals surface area (Å²) >= 11 is 0. The van der Waals surface area contributed by atoms with Crippen molar-refractivity contribution in [3.8, 4) is 17.2 Å². The van der Waals surface area contributed by atoms with Crippen LogP contribution in [-0.2, 0) is 6.54 Å². The van der Waals surface area contributed by atoms with Crippen LogP contribution in [0.15, 0.2) is 12.1 Å². The van der Waals surface area contributed by atoms with Crippen molar-refractivity contribution in [2.75, 3.05) is 34.4 Å². The highest BCUT2D eigenvalue weighted by molar-refractivity contribution is 5.53. The molecule has 0 radical (unpaired) electrons. The zero-order valence-electron chi connectivity index (χ0n) is 12.5. The van der Waals surface area contributed by atoms with E-state index < -0.39 is 0 Å². The van der Waals surface area contributed by atoms with Gasteiger partial charge in [-0.3, -0.25) is 4.90 Å². The van der Waals surface area contributed by atoms with Gasteiger partial charge in [-0.05, 0) is 37.1 Å². The van der Waals surface area contributed by atoms with E-state index in [1.165, 1.54) is 0 Å². The second kappa shape index (κ2) is 6.81. The number of hydrogen-bond donors (Lipinski definition) is 1. The first kappa shape index (κ1) is 14.9. The van der Waals surface area contributed by atoms with Crippen LogP contribution < -0.4 is 19.9 Å². The lowest BCUT2D eigenvalue weighted by atomic mass is 10.1. The summed E-state index contributed by atoms with van der Waals surface area (Å²) in [6.45, 7) is 2.88. The first-order valence-corrected chi connectivity index (χ1v) is 6.94. The van der Waals surface area contributed by atoms with Gasteiger partial charge in [0.25, 0.3) is 0 Å². The van der Waals surface area contributed by atoms with E-state index in [0.717, 1.165) is 38.0 Å². The number of hydrogen-bond acceptors (Lipinski definition) is 5. The van der Waals surface area contributed by atoms with Crippen LogP contribution in [0.4, 0.5) is 0 Å². The molecule has 0 spiro atoms. The van der Waals surface area contributed by atoms with Crippen molar-refractivity contribution < 1.29 is 14.2 Å². The van der Waals surface area contributed by atoms with Crippen molar-refractivity contribution >= 4 is 0 Å². The summed E-state index contributed by atoms with van der Waals surface area (Å²) in [6.07, 6.45) is 2.28. The quantitative estimate of drug-likeness (QED) is 0.888. The maximum atomic E-state index is 6.03. The van der Waals surface area contributed by atoms with Gasteiger partial charge in [-0.2, -0.15) is 0 Å². The molecule has 0 aliphatic carbocycles. The average Bonchev–Trinajstić information content (AvgIpc) is 2.46. The molecule has 0 amide bonds. The van der Waals surface area contributed by atoms with Crippen molar-refractivity contribution in [3.63, 3.8) is 0 Å². The predicted molar refractivity (Wildman–Crippen MR) is 78.6 cm³/mol. The Morgan fingerprint density at radius 1 is 1.15 bits per heavy atom. The number of rotatable bonds is 5. The second-order valence-electron chi connectivity index (χ2n) is 5.17. The van der Waals surface area contributed by atoms with Gasteiger partial charge in [0, 0.05) is 19.1 Å². The van der Waals surface area contributed by atoms with E-state index in [4.69, 9.17) is 19.9 Å². The maximum Gasteiger partial charge on any atom is 0.203 e. The van der Waals surface area contributed by atoms with Gasteiger partial charge < -0.3 is 19.9 Å². The molecule has 0 aromatic heterocycles. The molecule has 1 aromatic rings. The zero-order valence-corrected chi connectivity index (χ0v) is 12.5. The Morgan fingerprint density at radius 3 is 2.30 bits per heavy atom. The van der Waals surface area contributed by atoms with Crippen molar-refractivity contribution in [2.24, 2.45) is 5.73 Å². The fourth-order valence-electron chi connectivity index (χ4n) is 2.72. The Balaban J connectivity index is 2.19. The van der Waals surface area contributed by atoms with Crippen LogP contribution in [0.2, 0.25) is 0 Å². The molecule has 5 nitrogen and oxygen atoms in total. The summed E-state index contributed by atoms with van der Waals surface area (Å²) in [5.41, 5.74) is 7.17. The first-order chi connectivity index (χ1) is 9.67. The molecule has 20 heavy (non-hydrogen) atoms. The van der Waals surface area contributed by atoms with Gasteiger partial charge >= 0.3 is 0 Å². The number of piperidine rings is 1. The molecule has 112 valence electrons. The molecule has 1 atom stereocenters. The third kappa shape index (κ3) is 3.35. The van der Waals surface area contributed by atoms with Crippen molar-refractivity contribution in [2.45, 2.75) is 25.4 Å². The highest BCUT2D eigenvalue weighted by Gasteiger charge is 2.19. The van der Waals surface area contributed by atoms with Crippen LogP contribution in [0, 0.1) is 0 Å². The summed E-state index contributed by atoms with van der Waals surface area (Å²) in [7, 11) is 4.89. The van der Waals surface area contributed by atoms with Gasteiger partial charge in [0.1, 0.15) is 0 Å². The fourth-order valence-corrected chi connectivity index (χ4v) is 2.72. The Bertz CT molecular complexity index is 426. The van der Waals surface area contributed by atoms with Crippen LogP contribution in [0.1, 0.15) is 18.4 Å². The number of nitrogens with zero attached hydrogens (tertiary/aromatic N) is 1. The normalized spacial score (nSPS) is 19.7. The Labute approximate surface area is 120 Å². The third-order valence-electron chi connectivity index (χ3n) is 3.67. The molecule has 5 heteroatoms. The number of methoxy groups -OCH3 is 3. The van der Waals surface area contributed by atoms with Gasteiger partial charge in [0.15, 0.2) is 11.5 Å². The topological polar surface area (TPSA) is 57.0 Å². The molecule has 2 rings (SSSR count). The number of likely N-dealkylation sites (tertiary alicyclic amines) is 1. The molecule has 1 fully saturated rings. The van der Waals surface area contributed by atoms with E-state index in [1.807, 2.05) is 12.1 Å². The van der Waals surface area contributed by atoms with Gasteiger partial charge in [-0.15, -0.1) is 0 Å². The van der Waals surface area contributed by atoms with Gasteiger partial charge in [0.05, 0.1) is 21.3 Å². The molecule has 1 aliphatic rings. The summed E-state index contributed by atoms with van der Waals surface area (Å²) < 4.78 is 16.1. The maximum absolute atomic E-state index is 6.03. The highest BCUT2D eigenvalue weighted by Crippen LogP contribution is 2.38. The van der Waals surface area contributed by atoms with E-state index in [0.29, 0.717) is 17.2 Å². The van der Waals surface area contributed by atoms with Gasteiger partial charge in [-0.25, -0.2) is 0 Å². The van der Waals surface area contributed by atoms with Crippen molar-refractivity contribution in [1.82, 2.24) is 4.90 Å². The SMILES string of the molecule is COc1cc(CN2CCCC(N)C2)cc(OC)c1OC. The third-order valence-corrected chi connectivity index (χ3v) is 3.67. The summed E-state index contributed by atoms with van der Waals surface area (Å²) in [6, 6.07) is 4.29. The van der Waals surface area contributed by atoms with Crippen LogP contribution in [0.3, 0.4) is 0 Å². The fraction of sp³-hybridized carbons (Fsp3) is 0.600. The molecule has 0 bridgehead atoms. The molecule has 1 aromatic carbocycles. The average molecular weight is 280 g/mol. The van der Waals surface area contributed by atoms with E-state index in [-0.39, 0.29) is 6.04 Å². The molecule has 1 heterocycles. The molecule has 2 N–H and O–H groups in total. The Kier molecular flexibility index (Phi) is 5.09. The number of benzene rings is 1. The highest BCUT2D eigenvalue weighted by atomic mass is 16.5. The standard InChI is InChI=1S/C15H24N2O3/c1-18-13-7-11(8-14(19-2)15(13)20-3)9-17-6-4-5-12(16)10-17/h7-8,12H,4-6,9-10,16H2,1-3H3. The molecular formula is C15H24N2O3. The van der Waals surface area contributed by atoms with E-state index in [1.54, 1.807) is 21.3 Å². The minimum atomic E-state index is 0.283. The molecule has 1 aliphatic heterocycles. The summed E-state index contributed by atoms with van der Waals surface area (Å²) in [5, 5.41) is 0. The molecule has 0 saturated carbocycles. The minimum Gasteiger partial charge on any atom is -0.493 e. The van der Waals surface area contributed by atoms with E-state index in [2.05, 4.69) is 4.90 Å². The van der Waals surface area contributed by atoms with E-state index >= 15 is 0 Å². The van der Waals surface area contributed by atoms with Gasteiger partial charge in [-0.1, -0.05) is 0 Å².